The van der Waals surface area contributed by atoms with E-state index in [1.807, 2.05) is 57.2 Å². The zero-order valence-corrected chi connectivity index (χ0v) is 13.2. The Balaban J connectivity index is 3.12. The maximum atomic E-state index is 12.3. The first-order chi connectivity index (χ1) is 9.47. The summed E-state index contributed by atoms with van der Waals surface area (Å²) in [5.41, 5.74) is 1.77. The first-order valence-corrected chi connectivity index (χ1v) is 7.19. The number of alkyl halides is 1. The average molecular weight is 296 g/mol. The molecule has 0 saturated heterocycles. The van der Waals surface area contributed by atoms with Crippen LogP contribution in [0.5, 0.6) is 0 Å². The van der Waals surface area contributed by atoms with Crippen LogP contribution >= 0.6 is 11.6 Å². The Morgan fingerprint density at radius 1 is 1.35 bits per heavy atom. The summed E-state index contributed by atoms with van der Waals surface area (Å²) in [6, 6.07) is 7.70. The van der Waals surface area contributed by atoms with E-state index in [0.29, 0.717) is 0 Å². The zero-order chi connectivity index (χ0) is 15.1. The molecular weight excluding hydrogens is 274 g/mol. The molecule has 0 aliphatic rings. The third kappa shape index (κ3) is 4.66. The third-order valence-electron chi connectivity index (χ3n) is 2.72. The van der Waals surface area contributed by atoms with E-state index >= 15 is 0 Å². The quantitative estimate of drug-likeness (QED) is 0.585. The number of hydrogen-bond donors (Lipinski definition) is 0. The van der Waals surface area contributed by atoms with Crippen molar-refractivity contribution in [3.8, 4) is 0 Å². The fourth-order valence-electron chi connectivity index (χ4n) is 1.74. The topological polar surface area (TPSA) is 29.5 Å². The van der Waals surface area contributed by atoms with E-state index in [2.05, 4.69) is 0 Å². The normalized spacial score (nSPS) is 12.9. The molecule has 0 aliphatic carbocycles. The Labute approximate surface area is 126 Å². The molecule has 3 nitrogen and oxygen atoms in total. The lowest BCUT2D eigenvalue weighted by molar-refractivity contribution is -0.119. The van der Waals surface area contributed by atoms with Gasteiger partial charge in [-0.3, -0.25) is 9.69 Å². The minimum Gasteiger partial charge on any atom is -0.358 e. The number of ether oxygens (including phenoxy) is 1. The molecule has 4 heteroatoms. The van der Waals surface area contributed by atoms with Crippen molar-refractivity contribution < 1.29 is 9.53 Å². The van der Waals surface area contributed by atoms with E-state index in [1.54, 1.807) is 11.8 Å². The van der Waals surface area contributed by atoms with Gasteiger partial charge in [0.1, 0.15) is 12.1 Å². The van der Waals surface area contributed by atoms with Crippen molar-refractivity contribution in [2.75, 3.05) is 11.6 Å². The monoisotopic (exact) mass is 295 g/mol. The van der Waals surface area contributed by atoms with Gasteiger partial charge in [-0.15, -0.1) is 11.6 Å². The molecule has 1 atom stereocenters. The second-order valence-electron chi connectivity index (χ2n) is 4.79. The van der Waals surface area contributed by atoms with E-state index in [1.165, 1.54) is 0 Å². The fraction of sp³-hybridized carbons (Fsp3) is 0.438. The number of carbonyl (C=O) groups excluding carboxylic acids is 1. The van der Waals surface area contributed by atoms with Gasteiger partial charge in [-0.25, -0.2) is 0 Å². The number of rotatable bonds is 6. The number of anilines is 1. The lowest BCUT2D eigenvalue weighted by Gasteiger charge is -2.26. The van der Waals surface area contributed by atoms with Gasteiger partial charge in [-0.2, -0.15) is 0 Å². The molecule has 0 fully saturated rings. The molecule has 1 rings (SSSR count). The predicted octanol–water partition coefficient (Wildman–Crippen LogP) is 4.06. The van der Waals surface area contributed by atoms with Crippen LogP contribution in [0.1, 0.15) is 33.3 Å². The predicted molar refractivity (Wildman–Crippen MR) is 85.0 cm³/mol. The van der Waals surface area contributed by atoms with Crippen LogP contribution in [0.4, 0.5) is 5.69 Å². The second kappa shape index (κ2) is 8.08. The smallest absolute Gasteiger partial charge is 0.246 e. The number of benzene rings is 1. The Morgan fingerprint density at radius 2 is 2.00 bits per heavy atom. The summed E-state index contributed by atoms with van der Waals surface area (Å²) in [5, 5.41) is -0.593. The molecule has 0 heterocycles. The number of halogens is 1. The number of carbonyl (C=O) groups is 1. The van der Waals surface area contributed by atoms with Gasteiger partial charge in [0.15, 0.2) is 0 Å². The molecule has 1 unspecified atom stereocenters. The van der Waals surface area contributed by atoms with Crippen LogP contribution in [0.3, 0.4) is 0 Å². The van der Waals surface area contributed by atoms with Crippen molar-refractivity contribution in [1.29, 1.82) is 0 Å². The van der Waals surface area contributed by atoms with Crippen molar-refractivity contribution in [2.45, 2.75) is 39.2 Å². The van der Waals surface area contributed by atoms with Crippen LogP contribution in [0.25, 0.3) is 6.08 Å². The minimum absolute atomic E-state index is 0.0461. The van der Waals surface area contributed by atoms with Gasteiger partial charge in [-0.1, -0.05) is 30.4 Å². The molecule has 20 heavy (non-hydrogen) atoms. The van der Waals surface area contributed by atoms with Crippen LogP contribution in [0.2, 0.25) is 0 Å². The summed E-state index contributed by atoms with van der Waals surface area (Å²) in [6.45, 7) is 7.68. The number of nitrogens with zero attached hydrogens (tertiary/aromatic N) is 1. The Hall–Kier alpha value is -1.32. The highest BCUT2D eigenvalue weighted by molar-refractivity contribution is 6.32. The fourth-order valence-corrected chi connectivity index (χ4v) is 1.86. The largest absolute Gasteiger partial charge is 0.358 e. The van der Waals surface area contributed by atoms with Crippen LogP contribution in [0, 0.1) is 0 Å². The van der Waals surface area contributed by atoms with E-state index in [-0.39, 0.29) is 18.7 Å². The summed E-state index contributed by atoms with van der Waals surface area (Å²) in [7, 11) is 0. The molecule has 0 aromatic heterocycles. The highest BCUT2D eigenvalue weighted by Gasteiger charge is 2.22. The van der Waals surface area contributed by atoms with Crippen molar-refractivity contribution in [2.24, 2.45) is 0 Å². The molecule has 0 saturated carbocycles. The molecule has 110 valence electrons. The van der Waals surface area contributed by atoms with E-state index in [4.69, 9.17) is 16.3 Å². The van der Waals surface area contributed by atoms with Gasteiger partial charge in [-0.05, 0) is 39.3 Å². The van der Waals surface area contributed by atoms with Crippen molar-refractivity contribution in [1.82, 2.24) is 0 Å². The lowest BCUT2D eigenvalue weighted by Crippen LogP contribution is -2.38. The highest BCUT2D eigenvalue weighted by Crippen LogP contribution is 2.23. The number of para-hydroxylation sites is 1. The van der Waals surface area contributed by atoms with Crippen molar-refractivity contribution in [3.05, 3.63) is 35.9 Å². The van der Waals surface area contributed by atoms with Gasteiger partial charge in [0.25, 0.3) is 0 Å². The highest BCUT2D eigenvalue weighted by atomic mass is 35.5. The lowest BCUT2D eigenvalue weighted by atomic mass is 10.1. The minimum atomic E-state index is -0.593. The zero-order valence-electron chi connectivity index (χ0n) is 12.5. The Bertz CT molecular complexity index is 469. The summed E-state index contributed by atoms with van der Waals surface area (Å²) < 4.78 is 5.59. The molecule has 0 radical (unpaired) electrons. The summed E-state index contributed by atoms with van der Waals surface area (Å²) in [6.07, 6.45) is 3.95. The van der Waals surface area contributed by atoms with Gasteiger partial charge in [0.2, 0.25) is 5.91 Å². The number of allylic oxidation sites excluding steroid dienone is 1. The Morgan fingerprint density at radius 3 is 2.55 bits per heavy atom. The summed E-state index contributed by atoms with van der Waals surface area (Å²) in [4.78, 5) is 13.9. The van der Waals surface area contributed by atoms with E-state index in [0.717, 1.165) is 11.3 Å². The molecule has 1 aromatic rings. The Kier molecular flexibility index (Phi) is 6.76. The maximum Gasteiger partial charge on any atom is 0.246 e. The molecule has 0 spiro atoms. The molecule has 0 bridgehead atoms. The van der Waals surface area contributed by atoms with E-state index in [9.17, 15) is 4.79 Å². The molecular formula is C16H22ClNO2. The van der Waals surface area contributed by atoms with Crippen LogP contribution in [0.15, 0.2) is 30.3 Å². The molecule has 1 amide bonds. The first kappa shape index (κ1) is 16.7. The SMILES string of the molecule is CC=Cc1ccccc1N(COC(C)C)C(=O)C(C)Cl. The summed E-state index contributed by atoms with van der Waals surface area (Å²) in [5.74, 6) is -0.163. The van der Waals surface area contributed by atoms with Gasteiger partial charge < -0.3 is 4.74 Å². The van der Waals surface area contributed by atoms with Crippen LogP contribution < -0.4 is 4.90 Å². The molecule has 0 N–H and O–H groups in total. The van der Waals surface area contributed by atoms with Gasteiger partial charge >= 0.3 is 0 Å². The third-order valence-corrected chi connectivity index (χ3v) is 2.90. The maximum absolute atomic E-state index is 12.3. The van der Waals surface area contributed by atoms with Crippen LogP contribution in [-0.2, 0) is 9.53 Å². The second-order valence-corrected chi connectivity index (χ2v) is 5.44. The van der Waals surface area contributed by atoms with E-state index < -0.39 is 5.38 Å². The number of hydrogen-bond acceptors (Lipinski definition) is 2. The molecule has 1 aromatic carbocycles. The van der Waals surface area contributed by atoms with Crippen molar-refractivity contribution in [3.63, 3.8) is 0 Å². The van der Waals surface area contributed by atoms with Gasteiger partial charge in [0, 0.05) is 0 Å². The van der Waals surface area contributed by atoms with Gasteiger partial charge in [0.05, 0.1) is 11.8 Å². The number of amides is 1. The standard InChI is InChI=1S/C16H22ClNO2/c1-5-8-14-9-6-7-10-15(14)18(11-20-12(2)3)16(19)13(4)17/h5-10,12-13H,11H2,1-4H3. The molecule has 0 aliphatic heterocycles. The average Bonchev–Trinajstić information content (AvgIpc) is 2.40. The first-order valence-electron chi connectivity index (χ1n) is 6.76. The van der Waals surface area contributed by atoms with Crippen molar-refractivity contribution >= 4 is 29.3 Å². The summed E-state index contributed by atoms with van der Waals surface area (Å²) >= 11 is 5.95. The van der Waals surface area contributed by atoms with Crippen LogP contribution in [-0.4, -0.2) is 24.1 Å².